The van der Waals surface area contributed by atoms with E-state index < -0.39 is 0 Å². The molecule has 0 bridgehead atoms. The van der Waals surface area contributed by atoms with Gasteiger partial charge in [-0.15, -0.1) is 0 Å². The first kappa shape index (κ1) is 9.46. The molecule has 1 aromatic rings. The second-order valence-electron chi connectivity index (χ2n) is 3.87. The lowest BCUT2D eigenvalue weighted by atomic mass is 9.93. The Hall–Kier alpha value is -1.09. The maximum absolute atomic E-state index is 11.7. The first-order valence-corrected chi connectivity index (χ1v) is 4.95. The van der Waals surface area contributed by atoms with Gasteiger partial charge in [0.25, 0.3) is 0 Å². The number of H-pyrrole nitrogens is 1. The molecule has 3 nitrogen and oxygen atoms in total. The molecule has 1 N–H and O–H groups in total. The average Bonchev–Trinajstić information content (AvgIpc) is 2.17. The van der Waals surface area contributed by atoms with Crippen LogP contribution in [0.2, 0.25) is 0 Å². The van der Waals surface area contributed by atoms with Crippen LogP contribution < -0.4 is 5.43 Å². The zero-order chi connectivity index (χ0) is 10.1. The lowest BCUT2D eigenvalue weighted by Gasteiger charge is -2.22. The SMILES string of the molecule is COC1CCc2[nH]c(C)cc(=O)c2C1. The van der Waals surface area contributed by atoms with Crippen molar-refractivity contribution in [3.05, 3.63) is 33.2 Å². The van der Waals surface area contributed by atoms with Crippen LogP contribution in [0.5, 0.6) is 0 Å². The van der Waals surface area contributed by atoms with Gasteiger partial charge < -0.3 is 9.72 Å². The summed E-state index contributed by atoms with van der Waals surface area (Å²) in [5.41, 5.74) is 3.11. The summed E-state index contributed by atoms with van der Waals surface area (Å²) >= 11 is 0. The summed E-state index contributed by atoms with van der Waals surface area (Å²) < 4.78 is 5.28. The molecule has 0 saturated carbocycles. The zero-order valence-corrected chi connectivity index (χ0v) is 8.59. The molecule has 14 heavy (non-hydrogen) atoms. The van der Waals surface area contributed by atoms with Gasteiger partial charge in [0.05, 0.1) is 6.10 Å². The number of methoxy groups -OCH3 is 1. The van der Waals surface area contributed by atoms with Crippen molar-refractivity contribution in [3.8, 4) is 0 Å². The van der Waals surface area contributed by atoms with E-state index >= 15 is 0 Å². The van der Waals surface area contributed by atoms with Gasteiger partial charge in [0.1, 0.15) is 0 Å². The van der Waals surface area contributed by atoms with Crippen LogP contribution >= 0.6 is 0 Å². The van der Waals surface area contributed by atoms with E-state index in [2.05, 4.69) is 4.98 Å². The normalized spacial score (nSPS) is 20.6. The molecular formula is C11H15NO2. The van der Waals surface area contributed by atoms with Gasteiger partial charge in [0, 0.05) is 36.5 Å². The third-order valence-corrected chi connectivity index (χ3v) is 2.84. The topological polar surface area (TPSA) is 42.1 Å². The summed E-state index contributed by atoms with van der Waals surface area (Å²) in [7, 11) is 1.71. The molecular weight excluding hydrogens is 178 g/mol. The van der Waals surface area contributed by atoms with Crippen molar-refractivity contribution in [2.45, 2.75) is 32.3 Å². The molecule has 1 aliphatic rings. The molecule has 1 aliphatic carbocycles. The van der Waals surface area contributed by atoms with Gasteiger partial charge in [0.2, 0.25) is 0 Å². The van der Waals surface area contributed by atoms with Gasteiger partial charge in [-0.2, -0.15) is 0 Å². The van der Waals surface area contributed by atoms with Gasteiger partial charge in [-0.1, -0.05) is 0 Å². The van der Waals surface area contributed by atoms with Gasteiger partial charge in [-0.3, -0.25) is 4.79 Å². The highest BCUT2D eigenvalue weighted by molar-refractivity contribution is 5.26. The fourth-order valence-electron chi connectivity index (χ4n) is 2.06. The second kappa shape index (κ2) is 3.58. The van der Waals surface area contributed by atoms with Crippen LogP contribution in [-0.2, 0) is 17.6 Å². The van der Waals surface area contributed by atoms with Crippen molar-refractivity contribution in [1.29, 1.82) is 0 Å². The Morgan fingerprint density at radius 1 is 1.57 bits per heavy atom. The van der Waals surface area contributed by atoms with Crippen LogP contribution in [-0.4, -0.2) is 18.2 Å². The molecule has 76 valence electrons. The number of aryl methyl sites for hydroxylation is 2. The lowest BCUT2D eigenvalue weighted by molar-refractivity contribution is 0.0902. The van der Waals surface area contributed by atoms with Gasteiger partial charge in [-0.25, -0.2) is 0 Å². The second-order valence-corrected chi connectivity index (χ2v) is 3.87. The molecule has 1 unspecified atom stereocenters. The van der Waals surface area contributed by atoms with Crippen molar-refractivity contribution >= 4 is 0 Å². The third kappa shape index (κ3) is 1.60. The summed E-state index contributed by atoms with van der Waals surface area (Å²) in [6.45, 7) is 1.92. The summed E-state index contributed by atoms with van der Waals surface area (Å²) in [5.74, 6) is 0. The zero-order valence-electron chi connectivity index (χ0n) is 8.59. The number of aromatic nitrogens is 1. The third-order valence-electron chi connectivity index (χ3n) is 2.84. The summed E-state index contributed by atoms with van der Waals surface area (Å²) in [4.78, 5) is 14.9. The molecule has 2 rings (SSSR count). The van der Waals surface area contributed by atoms with Crippen LogP contribution in [0.4, 0.5) is 0 Å². The first-order chi connectivity index (χ1) is 6.70. The number of pyridine rings is 1. The summed E-state index contributed by atoms with van der Waals surface area (Å²) in [6.07, 6.45) is 2.89. The highest BCUT2D eigenvalue weighted by atomic mass is 16.5. The molecule has 1 atom stereocenters. The van der Waals surface area contributed by atoms with Gasteiger partial charge >= 0.3 is 0 Å². The average molecular weight is 193 g/mol. The number of hydrogen-bond acceptors (Lipinski definition) is 2. The highest BCUT2D eigenvalue weighted by Crippen LogP contribution is 2.18. The van der Waals surface area contributed by atoms with E-state index in [1.165, 1.54) is 0 Å². The molecule has 1 heterocycles. The molecule has 0 spiro atoms. The number of aromatic amines is 1. The van der Waals surface area contributed by atoms with E-state index in [1.807, 2.05) is 6.92 Å². The van der Waals surface area contributed by atoms with E-state index in [4.69, 9.17) is 4.74 Å². The van der Waals surface area contributed by atoms with Crippen molar-refractivity contribution in [3.63, 3.8) is 0 Å². The van der Waals surface area contributed by atoms with Crippen LogP contribution in [0.3, 0.4) is 0 Å². The van der Waals surface area contributed by atoms with E-state index in [1.54, 1.807) is 13.2 Å². The van der Waals surface area contributed by atoms with Crippen LogP contribution in [0.15, 0.2) is 10.9 Å². The predicted molar refractivity (Wildman–Crippen MR) is 54.6 cm³/mol. The predicted octanol–water partition coefficient (Wildman–Crippen LogP) is 1.19. The molecule has 3 heteroatoms. The maximum Gasteiger partial charge on any atom is 0.185 e. The van der Waals surface area contributed by atoms with Crippen LogP contribution in [0.25, 0.3) is 0 Å². The minimum absolute atomic E-state index is 0.151. The van der Waals surface area contributed by atoms with E-state index in [-0.39, 0.29) is 11.5 Å². The van der Waals surface area contributed by atoms with Crippen molar-refractivity contribution < 1.29 is 4.74 Å². The molecule has 0 saturated heterocycles. The van der Waals surface area contributed by atoms with Crippen molar-refractivity contribution in [1.82, 2.24) is 4.98 Å². The fourth-order valence-corrected chi connectivity index (χ4v) is 2.06. The Bertz CT molecular complexity index is 395. The summed E-state index contributed by atoms with van der Waals surface area (Å²) in [5, 5.41) is 0. The molecule has 1 aromatic heterocycles. The number of hydrogen-bond donors (Lipinski definition) is 1. The number of ether oxygens (including phenoxy) is 1. The summed E-state index contributed by atoms with van der Waals surface area (Å²) in [6, 6.07) is 1.66. The van der Waals surface area contributed by atoms with Crippen LogP contribution in [0.1, 0.15) is 23.4 Å². The standard InChI is InChI=1S/C11H15NO2/c1-7-5-11(13)9-6-8(14-2)3-4-10(9)12-7/h5,8H,3-4,6H2,1-2H3,(H,12,13). The number of rotatable bonds is 1. The first-order valence-electron chi connectivity index (χ1n) is 4.95. The Kier molecular flexibility index (Phi) is 2.42. The Morgan fingerprint density at radius 2 is 2.36 bits per heavy atom. The largest absolute Gasteiger partial charge is 0.381 e. The quantitative estimate of drug-likeness (QED) is 0.728. The molecule has 0 aliphatic heterocycles. The van der Waals surface area contributed by atoms with Crippen molar-refractivity contribution in [2.24, 2.45) is 0 Å². The molecule has 0 aromatic carbocycles. The highest BCUT2D eigenvalue weighted by Gasteiger charge is 2.20. The van der Waals surface area contributed by atoms with E-state index in [9.17, 15) is 4.79 Å². The minimum atomic E-state index is 0.151. The van der Waals surface area contributed by atoms with Gasteiger partial charge in [-0.05, 0) is 19.8 Å². The monoisotopic (exact) mass is 193 g/mol. The maximum atomic E-state index is 11.7. The number of nitrogens with one attached hydrogen (secondary N) is 1. The smallest absolute Gasteiger partial charge is 0.185 e. The Balaban J connectivity index is 2.42. The van der Waals surface area contributed by atoms with Crippen molar-refractivity contribution in [2.75, 3.05) is 7.11 Å². The minimum Gasteiger partial charge on any atom is -0.381 e. The lowest BCUT2D eigenvalue weighted by Crippen LogP contribution is -2.27. The Labute approximate surface area is 83.1 Å². The Morgan fingerprint density at radius 3 is 3.07 bits per heavy atom. The van der Waals surface area contributed by atoms with Crippen LogP contribution in [0, 0.1) is 6.92 Å². The number of fused-ring (bicyclic) bond motifs is 1. The van der Waals surface area contributed by atoms with E-state index in [0.29, 0.717) is 0 Å². The van der Waals surface area contributed by atoms with E-state index in [0.717, 1.165) is 36.2 Å². The van der Waals surface area contributed by atoms with Gasteiger partial charge in [0.15, 0.2) is 5.43 Å². The molecule has 0 amide bonds. The molecule has 0 radical (unpaired) electrons. The fraction of sp³-hybridized carbons (Fsp3) is 0.545. The molecule has 0 fully saturated rings.